The molecule has 5 nitrogen and oxygen atoms in total. The van der Waals surface area contributed by atoms with Crippen molar-refractivity contribution in [1.82, 2.24) is 5.32 Å². The summed E-state index contributed by atoms with van der Waals surface area (Å²) in [6.07, 6.45) is -0.661. The number of amides is 1. The molecule has 0 heterocycles. The maximum Gasteiger partial charge on any atom is 0.306 e. The number of nitrogens with one attached hydrogen (secondary N) is 1. The summed E-state index contributed by atoms with van der Waals surface area (Å²) in [5.41, 5.74) is 0. The molecule has 0 aromatic rings. The molecule has 0 saturated heterocycles. The molecule has 0 bridgehead atoms. The minimum Gasteiger partial charge on any atom is -0.481 e. The molecule has 0 aromatic heterocycles. The van der Waals surface area contributed by atoms with Crippen molar-refractivity contribution >= 4 is 11.9 Å². The van der Waals surface area contributed by atoms with Gasteiger partial charge in [0.1, 0.15) is 0 Å². The monoisotopic (exact) mass is 199 g/mol. The number of ether oxygens (including phenoxy) is 1. The summed E-state index contributed by atoms with van der Waals surface area (Å²) in [7, 11) is 1.39. The Labute approximate surface area is 82.4 Å². The fraction of sp³-hybridized carbons (Fsp3) is 0.556. The molecular weight excluding hydrogens is 186 g/mol. The molecule has 5 heteroatoms. The smallest absolute Gasteiger partial charge is 0.306 e. The van der Waals surface area contributed by atoms with Gasteiger partial charge < -0.3 is 15.2 Å². The van der Waals surface area contributed by atoms with Gasteiger partial charge in [-0.1, -0.05) is 5.92 Å². The van der Waals surface area contributed by atoms with E-state index >= 15 is 0 Å². The van der Waals surface area contributed by atoms with Crippen LogP contribution in [0.1, 0.15) is 13.3 Å². The zero-order chi connectivity index (χ0) is 11.0. The average molecular weight is 199 g/mol. The van der Waals surface area contributed by atoms with Crippen LogP contribution < -0.4 is 5.32 Å². The molecule has 14 heavy (non-hydrogen) atoms. The number of carboxylic acids is 1. The molecule has 0 saturated carbocycles. The van der Waals surface area contributed by atoms with Crippen molar-refractivity contribution in [2.75, 3.05) is 13.7 Å². The zero-order valence-electron chi connectivity index (χ0n) is 8.16. The molecule has 0 aliphatic heterocycles. The fourth-order valence-electron chi connectivity index (χ4n) is 0.798. The van der Waals surface area contributed by atoms with Gasteiger partial charge in [-0.15, -0.1) is 0 Å². The molecular formula is C9H13NO4. The second kappa shape index (κ2) is 6.92. The predicted molar refractivity (Wildman–Crippen MR) is 49.5 cm³/mol. The van der Waals surface area contributed by atoms with Gasteiger partial charge in [-0.3, -0.25) is 9.59 Å². The molecule has 1 atom stereocenters. The van der Waals surface area contributed by atoms with E-state index in [-0.39, 0.29) is 13.0 Å². The van der Waals surface area contributed by atoms with Crippen molar-refractivity contribution < 1.29 is 19.4 Å². The molecule has 0 rings (SSSR count). The van der Waals surface area contributed by atoms with Gasteiger partial charge in [-0.05, 0) is 12.8 Å². The highest BCUT2D eigenvalue weighted by atomic mass is 16.5. The minimum absolute atomic E-state index is 0.143. The van der Waals surface area contributed by atoms with Gasteiger partial charge in [0.25, 0.3) is 5.91 Å². The van der Waals surface area contributed by atoms with Crippen LogP contribution in [-0.2, 0) is 14.3 Å². The molecule has 0 radical (unpaired) electrons. The Bertz CT molecular complexity index is 264. The zero-order valence-corrected chi connectivity index (χ0v) is 8.16. The number of hydrogen-bond acceptors (Lipinski definition) is 3. The van der Waals surface area contributed by atoms with Crippen molar-refractivity contribution in [3.8, 4) is 11.8 Å². The second-order valence-corrected chi connectivity index (χ2v) is 2.54. The van der Waals surface area contributed by atoms with Crippen molar-refractivity contribution in [2.24, 2.45) is 0 Å². The first-order valence-electron chi connectivity index (χ1n) is 4.05. The minimum atomic E-state index is -0.965. The third-order valence-corrected chi connectivity index (χ3v) is 1.46. The molecule has 1 amide bonds. The Morgan fingerprint density at radius 1 is 1.57 bits per heavy atom. The van der Waals surface area contributed by atoms with Crippen molar-refractivity contribution in [3.05, 3.63) is 0 Å². The molecule has 0 spiro atoms. The SMILES string of the molecule is CC#CC(=O)NCC(CC(=O)O)OC. The van der Waals surface area contributed by atoms with Gasteiger partial charge in [0.15, 0.2) is 0 Å². The molecule has 78 valence electrons. The van der Waals surface area contributed by atoms with E-state index in [1.807, 2.05) is 0 Å². The molecule has 0 aliphatic rings. The summed E-state index contributed by atoms with van der Waals surface area (Å²) in [5, 5.41) is 10.9. The van der Waals surface area contributed by atoms with Crippen molar-refractivity contribution in [3.63, 3.8) is 0 Å². The highest BCUT2D eigenvalue weighted by molar-refractivity contribution is 5.93. The first kappa shape index (κ1) is 12.5. The quantitative estimate of drug-likeness (QED) is 0.591. The maximum atomic E-state index is 10.9. The number of hydrogen-bond donors (Lipinski definition) is 2. The van der Waals surface area contributed by atoms with E-state index in [1.165, 1.54) is 7.11 Å². The first-order valence-corrected chi connectivity index (χ1v) is 4.05. The van der Waals surface area contributed by atoms with E-state index in [4.69, 9.17) is 9.84 Å². The Morgan fingerprint density at radius 2 is 2.21 bits per heavy atom. The highest BCUT2D eigenvalue weighted by Crippen LogP contribution is 1.94. The Kier molecular flexibility index (Phi) is 6.16. The predicted octanol–water partition coefficient (Wildman–Crippen LogP) is -0.384. The third-order valence-electron chi connectivity index (χ3n) is 1.46. The number of carbonyl (C=O) groups is 2. The van der Waals surface area contributed by atoms with Gasteiger partial charge in [0.05, 0.1) is 12.5 Å². The Hall–Kier alpha value is -1.54. The number of carbonyl (C=O) groups excluding carboxylic acids is 1. The third kappa shape index (κ3) is 6.03. The molecule has 0 aliphatic carbocycles. The van der Waals surface area contributed by atoms with Crippen LogP contribution in [0.25, 0.3) is 0 Å². The highest BCUT2D eigenvalue weighted by Gasteiger charge is 2.12. The number of carboxylic acid groups (broad SMARTS) is 1. The van der Waals surface area contributed by atoms with Crippen LogP contribution in [0.15, 0.2) is 0 Å². The molecule has 0 aromatic carbocycles. The van der Waals surface area contributed by atoms with Gasteiger partial charge in [-0.2, -0.15) is 0 Å². The summed E-state index contributed by atoms with van der Waals surface area (Å²) >= 11 is 0. The number of methoxy groups -OCH3 is 1. The molecule has 2 N–H and O–H groups in total. The van der Waals surface area contributed by atoms with E-state index in [2.05, 4.69) is 17.2 Å². The first-order chi connectivity index (χ1) is 6.60. The standard InChI is InChI=1S/C9H13NO4/c1-3-4-8(11)10-6-7(14-2)5-9(12)13/h7H,5-6H2,1-2H3,(H,10,11)(H,12,13). The topological polar surface area (TPSA) is 75.6 Å². The normalized spacial score (nSPS) is 11.0. The van der Waals surface area contributed by atoms with Gasteiger partial charge in [0, 0.05) is 13.7 Å². The summed E-state index contributed by atoms with van der Waals surface area (Å²) in [6.45, 7) is 1.70. The average Bonchev–Trinajstić information content (AvgIpc) is 2.12. The molecule has 0 fully saturated rings. The van der Waals surface area contributed by atoms with E-state index in [0.29, 0.717) is 0 Å². The Balaban J connectivity index is 3.87. The van der Waals surface area contributed by atoms with Gasteiger partial charge in [-0.25, -0.2) is 0 Å². The lowest BCUT2D eigenvalue weighted by Crippen LogP contribution is -2.33. The van der Waals surface area contributed by atoms with Crippen LogP contribution >= 0.6 is 0 Å². The molecule has 1 unspecified atom stereocenters. The van der Waals surface area contributed by atoms with Crippen LogP contribution in [-0.4, -0.2) is 36.7 Å². The van der Waals surface area contributed by atoms with E-state index < -0.39 is 18.0 Å². The summed E-state index contributed by atoms with van der Waals surface area (Å²) in [4.78, 5) is 21.2. The Morgan fingerprint density at radius 3 is 2.64 bits per heavy atom. The number of aliphatic carboxylic acids is 1. The van der Waals surface area contributed by atoms with Crippen LogP contribution in [0, 0.1) is 11.8 Å². The van der Waals surface area contributed by atoms with E-state index in [1.54, 1.807) is 6.92 Å². The van der Waals surface area contributed by atoms with Gasteiger partial charge in [0.2, 0.25) is 0 Å². The van der Waals surface area contributed by atoms with Crippen LogP contribution in [0.2, 0.25) is 0 Å². The van der Waals surface area contributed by atoms with Gasteiger partial charge >= 0.3 is 5.97 Å². The van der Waals surface area contributed by atoms with E-state index in [0.717, 1.165) is 0 Å². The maximum absolute atomic E-state index is 10.9. The van der Waals surface area contributed by atoms with Crippen LogP contribution in [0.5, 0.6) is 0 Å². The number of rotatable bonds is 5. The lowest BCUT2D eigenvalue weighted by atomic mass is 10.2. The summed E-state index contributed by atoms with van der Waals surface area (Å²) in [6, 6.07) is 0. The van der Waals surface area contributed by atoms with Crippen LogP contribution in [0.3, 0.4) is 0 Å². The second-order valence-electron chi connectivity index (χ2n) is 2.54. The lowest BCUT2D eigenvalue weighted by Gasteiger charge is -2.12. The van der Waals surface area contributed by atoms with Crippen molar-refractivity contribution in [1.29, 1.82) is 0 Å². The lowest BCUT2D eigenvalue weighted by molar-refractivity contribution is -0.139. The van der Waals surface area contributed by atoms with E-state index in [9.17, 15) is 9.59 Å². The summed E-state index contributed by atoms with van der Waals surface area (Å²) in [5.74, 6) is 3.31. The largest absolute Gasteiger partial charge is 0.481 e. The summed E-state index contributed by atoms with van der Waals surface area (Å²) < 4.78 is 4.85. The van der Waals surface area contributed by atoms with Crippen LogP contribution in [0.4, 0.5) is 0 Å². The fourth-order valence-corrected chi connectivity index (χ4v) is 0.798. The van der Waals surface area contributed by atoms with Crippen molar-refractivity contribution in [2.45, 2.75) is 19.4 Å².